The third-order valence-electron chi connectivity index (χ3n) is 5.72. The number of guanidine groups is 1. The zero-order chi connectivity index (χ0) is 22.6. The van der Waals surface area contributed by atoms with Gasteiger partial charge in [-0.1, -0.05) is 18.2 Å². The minimum Gasteiger partial charge on any atom is -0.369 e. The Hall–Kier alpha value is -2.96. The number of hydrogen-bond donors (Lipinski definition) is 3. The minimum atomic E-state index is -4.07. The summed E-state index contributed by atoms with van der Waals surface area (Å²) >= 11 is 3.06. The van der Waals surface area contributed by atoms with E-state index in [2.05, 4.69) is 31.1 Å². The first-order valence-corrected chi connectivity index (χ1v) is 12.0. The Morgan fingerprint density at radius 2 is 2.00 bits per heavy atom. The molecule has 5 N–H and O–H groups in total. The molecule has 0 amide bonds. The van der Waals surface area contributed by atoms with Crippen LogP contribution in [0.3, 0.4) is 0 Å². The van der Waals surface area contributed by atoms with Crippen molar-refractivity contribution >= 4 is 43.4 Å². The van der Waals surface area contributed by atoms with E-state index in [1.54, 1.807) is 23.2 Å². The predicted molar refractivity (Wildman–Crippen MR) is 121 cm³/mol. The Morgan fingerprint density at radius 1 is 1.22 bits per heavy atom. The zero-order valence-corrected chi connectivity index (χ0v) is 19.0. The van der Waals surface area contributed by atoms with Gasteiger partial charge in [0.1, 0.15) is 12.0 Å². The molecule has 12 heteroatoms. The maximum Gasteiger partial charge on any atom is 0.264 e. The number of nitrogens with zero attached hydrogens (tertiary/aromatic N) is 4. The van der Waals surface area contributed by atoms with Crippen LogP contribution in [0.5, 0.6) is 0 Å². The molecule has 2 aromatic carbocycles. The van der Waals surface area contributed by atoms with Crippen molar-refractivity contribution in [1.82, 2.24) is 15.1 Å². The van der Waals surface area contributed by atoms with Crippen molar-refractivity contribution in [2.45, 2.75) is 23.5 Å². The summed E-state index contributed by atoms with van der Waals surface area (Å²) in [6, 6.07) is 10.6. The number of fused-ring (bicyclic) bond motifs is 2. The van der Waals surface area contributed by atoms with Crippen LogP contribution in [0.25, 0.3) is 0 Å². The van der Waals surface area contributed by atoms with Crippen LogP contribution < -0.4 is 15.8 Å². The van der Waals surface area contributed by atoms with Crippen LogP contribution in [0.1, 0.15) is 17.3 Å². The summed E-state index contributed by atoms with van der Waals surface area (Å²) in [6.07, 6.45) is 1.44. The number of sulfonamides is 1. The molecule has 0 saturated carbocycles. The lowest BCUT2D eigenvalue weighted by Gasteiger charge is -2.44. The van der Waals surface area contributed by atoms with Gasteiger partial charge in [-0.15, -0.1) is 0 Å². The fourth-order valence-electron chi connectivity index (χ4n) is 4.19. The number of nitrogens with two attached hydrogens (primary N) is 2. The maximum absolute atomic E-state index is 14.2. The molecule has 2 aliphatic rings. The highest BCUT2D eigenvalue weighted by molar-refractivity contribution is 9.10. The van der Waals surface area contributed by atoms with Gasteiger partial charge in [-0.25, -0.2) is 12.8 Å². The number of rotatable bonds is 3. The number of benzene rings is 2. The lowest BCUT2D eigenvalue weighted by atomic mass is 9.97. The molecule has 0 bridgehead atoms. The Balaban J connectivity index is 1.58. The largest absolute Gasteiger partial charge is 0.369 e. The lowest BCUT2D eigenvalue weighted by Crippen LogP contribution is -2.57. The molecule has 2 unspecified atom stereocenters. The average Bonchev–Trinajstić information content (AvgIpc) is 3.23. The summed E-state index contributed by atoms with van der Waals surface area (Å²) in [5, 5.41) is 6.73. The summed E-state index contributed by atoms with van der Waals surface area (Å²) < 4.78 is 42.8. The molecule has 166 valence electrons. The van der Waals surface area contributed by atoms with Crippen LogP contribution in [-0.4, -0.2) is 42.1 Å². The summed E-state index contributed by atoms with van der Waals surface area (Å²) in [6.45, 7) is 0.0636. The van der Waals surface area contributed by atoms with Gasteiger partial charge in [0.2, 0.25) is 0 Å². The molecule has 0 aliphatic carbocycles. The van der Waals surface area contributed by atoms with Crippen LogP contribution in [0.4, 0.5) is 15.9 Å². The second-order valence-electron chi connectivity index (χ2n) is 7.59. The summed E-state index contributed by atoms with van der Waals surface area (Å²) in [7, 11) is -4.07. The average molecular weight is 520 g/mol. The fourth-order valence-corrected chi connectivity index (χ4v) is 5.99. The van der Waals surface area contributed by atoms with E-state index in [1.165, 1.54) is 16.4 Å². The summed E-state index contributed by atoms with van der Waals surface area (Å²) in [5.74, 6) is -0.00206. The SMILES string of the molecule is NC1=Nc2[nH]ncc2C(N)N1C1Cc2ccccc2N(S(=O)(=O)c2ccc(Br)c(F)c2)C1. The molecule has 0 saturated heterocycles. The molecule has 9 nitrogen and oxygen atoms in total. The number of aliphatic imine (C=N–C) groups is 1. The quantitative estimate of drug-likeness (QED) is 0.486. The van der Waals surface area contributed by atoms with Crippen molar-refractivity contribution in [3.8, 4) is 0 Å². The molecular formula is C20H19BrFN7O2S. The molecule has 0 radical (unpaired) electrons. The van der Waals surface area contributed by atoms with Crippen molar-refractivity contribution in [1.29, 1.82) is 0 Å². The summed E-state index contributed by atoms with van der Waals surface area (Å²) in [5.41, 5.74) is 14.7. The summed E-state index contributed by atoms with van der Waals surface area (Å²) in [4.78, 5) is 5.90. The van der Waals surface area contributed by atoms with E-state index < -0.39 is 28.0 Å². The molecule has 5 rings (SSSR count). The number of aromatic amines is 1. The van der Waals surface area contributed by atoms with E-state index in [0.717, 1.165) is 11.6 Å². The van der Waals surface area contributed by atoms with E-state index in [4.69, 9.17) is 11.5 Å². The number of anilines is 1. The van der Waals surface area contributed by atoms with E-state index in [-0.39, 0.29) is 21.9 Å². The maximum atomic E-state index is 14.2. The van der Waals surface area contributed by atoms with Crippen molar-refractivity contribution in [2.24, 2.45) is 16.5 Å². The second-order valence-corrected chi connectivity index (χ2v) is 10.3. The molecule has 0 fully saturated rings. The Kier molecular flexibility index (Phi) is 4.95. The van der Waals surface area contributed by atoms with Gasteiger partial charge in [-0.2, -0.15) is 10.1 Å². The standard InChI is InChI=1S/C20H19BrFN7O2S/c21-15-6-5-13(8-16(15)22)32(30,31)28-10-12(7-11-3-1-2-4-17(11)28)29-18(23)14-9-25-27-19(14)26-20(29)24/h1-6,8-9,12,18H,7,10,23H2,(H3,24,25,26,27). The molecule has 3 aromatic rings. The van der Waals surface area contributed by atoms with Gasteiger partial charge in [0.25, 0.3) is 10.0 Å². The highest BCUT2D eigenvalue weighted by atomic mass is 79.9. The van der Waals surface area contributed by atoms with Gasteiger partial charge in [0.15, 0.2) is 11.8 Å². The fraction of sp³-hybridized carbons (Fsp3) is 0.200. The first-order valence-electron chi connectivity index (χ1n) is 9.74. The monoisotopic (exact) mass is 519 g/mol. The molecule has 32 heavy (non-hydrogen) atoms. The predicted octanol–water partition coefficient (Wildman–Crippen LogP) is 2.35. The van der Waals surface area contributed by atoms with Gasteiger partial charge in [0, 0.05) is 0 Å². The first-order chi connectivity index (χ1) is 15.3. The van der Waals surface area contributed by atoms with Gasteiger partial charge in [-0.3, -0.25) is 9.40 Å². The van der Waals surface area contributed by atoms with Crippen molar-refractivity contribution in [3.05, 3.63) is 70.1 Å². The van der Waals surface area contributed by atoms with Gasteiger partial charge in [0.05, 0.1) is 39.4 Å². The second kappa shape index (κ2) is 7.57. The number of hydrogen-bond acceptors (Lipinski definition) is 7. The number of H-pyrrole nitrogens is 1. The van der Waals surface area contributed by atoms with Crippen LogP contribution >= 0.6 is 15.9 Å². The van der Waals surface area contributed by atoms with Crippen LogP contribution in [0.15, 0.2) is 63.0 Å². The van der Waals surface area contributed by atoms with Crippen molar-refractivity contribution in [2.75, 3.05) is 10.8 Å². The molecule has 3 heterocycles. The van der Waals surface area contributed by atoms with Crippen molar-refractivity contribution < 1.29 is 12.8 Å². The first kappa shape index (κ1) is 20.9. The van der Waals surface area contributed by atoms with Crippen LogP contribution in [-0.2, 0) is 16.4 Å². The normalized spacial score (nSPS) is 20.5. The molecule has 2 aliphatic heterocycles. The number of aromatic nitrogens is 2. The Morgan fingerprint density at radius 3 is 2.78 bits per heavy atom. The number of nitrogens with one attached hydrogen (secondary N) is 1. The smallest absolute Gasteiger partial charge is 0.264 e. The number of para-hydroxylation sites is 1. The molecule has 0 spiro atoms. The van der Waals surface area contributed by atoms with Crippen molar-refractivity contribution in [3.63, 3.8) is 0 Å². The lowest BCUT2D eigenvalue weighted by molar-refractivity contribution is 0.233. The van der Waals surface area contributed by atoms with Gasteiger partial charge >= 0.3 is 0 Å². The Bertz CT molecular complexity index is 1340. The van der Waals surface area contributed by atoms with E-state index in [1.807, 2.05) is 12.1 Å². The zero-order valence-electron chi connectivity index (χ0n) is 16.6. The van der Waals surface area contributed by atoms with Crippen LogP contribution in [0, 0.1) is 5.82 Å². The van der Waals surface area contributed by atoms with Crippen LogP contribution in [0.2, 0.25) is 0 Å². The van der Waals surface area contributed by atoms with E-state index >= 15 is 0 Å². The minimum absolute atomic E-state index is 0.0636. The third kappa shape index (κ3) is 3.26. The Labute approximate surface area is 192 Å². The van der Waals surface area contributed by atoms with Gasteiger partial charge < -0.3 is 16.4 Å². The molecule has 2 atom stereocenters. The van der Waals surface area contributed by atoms with E-state index in [9.17, 15) is 12.8 Å². The number of halogens is 2. The highest BCUT2D eigenvalue weighted by Crippen LogP contribution is 2.37. The third-order valence-corrected chi connectivity index (χ3v) is 8.14. The highest BCUT2D eigenvalue weighted by Gasteiger charge is 2.40. The van der Waals surface area contributed by atoms with Gasteiger partial charge in [-0.05, 0) is 52.2 Å². The molecule has 1 aromatic heterocycles. The topological polar surface area (TPSA) is 134 Å². The molecular weight excluding hydrogens is 501 g/mol. The van der Waals surface area contributed by atoms with E-state index in [0.29, 0.717) is 23.5 Å².